The van der Waals surface area contributed by atoms with Gasteiger partial charge in [0.2, 0.25) is 0 Å². The van der Waals surface area contributed by atoms with Gasteiger partial charge in [0, 0.05) is 7.05 Å². The number of rotatable bonds is 3. The van der Waals surface area contributed by atoms with Crippen molar-refractivity contribution in [2.45, 2.75) is 0 Å². The van der Waals surface area contributed by atoms with Crippen LogP contribution < -0.4 is 0 Å². The summed E-state index contributed by atoms with van der Waals surface area (Å²) in [6, 6.07) is 13.9. The molecule has 0 fully saturated rings. The number of aromatic nitrogens is 3. The van der Waals surface area contributed by atoms with Crippen molar-refractivity contribution >= 4 is 12.2 Å². The van der Waals surface area contributed by atoms with Gasteiger partial charge in [-0.1, -0.05) is 30.3 Å². The van der Waals surface area contributed by atoms with Crippen LogP contribution in [0.1, 0.15) is 11.4 Å². The first-order valence-electron chi connectivity index (χ1n) is 6.80. The van der Waals surface area contributed by atoms with Crippen molar-refractivity contribution in [1.82, 2.24) is 14.8 Å². The normalized spacial score (nSPS) is 11.1. The summed E-state index contributed by atoms with van der Waals surface area (Å²) in [6.07, 6.45) is 3.65. The molecule has 2 aromatic carbocycles. The fourth-order valence-electron chi connectivity index (χ4n) is 2.13. The van der Waals surface area contributed by atoms with Gasteiger partial charge in [-0.3, -0.25) is 0 Å². The van der Waals surface area contributed by atoms with Crippen molar-refractivity contribution in [3.8, 4) is 22.9 Å². The molecular weight excluding hydrogens is 278 g/mol. The molecule has 0 saturated carbocycles. The largest absolute Gasteiger partial charge is 0.508 e. The summed E-state index contributed by atoms with van der Waals surface area (Å²) in [5.41, 5.74) is 1.58. The number of aryl methyl sites for hydroxylation is 1. The maximum absolute atomic E-state index is 9.91. The van der Waals surface area contributed by atoms with Crippen LogP contribution in [-0.4, -0.2) is 25.0 Å². The first-order valence-corrected chi connectivity index (χ1v) is 6.80. The molecule has 0 atom stereocenters. The molecule has 1 aromatic heterocycles. The Hall–Kier alpha value is -3.08. The molecule has 0 amide bonds. The molecule has 5 heteroatoms. The predicted molar refractivity (Wildman–Crippen MR) is 85.1 cm³/mol. The van der Waals surface area contributed by atoms with E-state index in [0.29, 0.717) is 17.2 Å². The Morgan fingerprint density at radius 3 is 2.41 bits per heavy atom. The fourth-order valence-corrected chi connectivity index (χ4v) is 2.13. The average molecular weight is 293 g/mol. The number of para-hydroxylation sites is 1. The number of nitrogens with zero attached hydrogens (tertiary/aromatic N) is 3. The summed E-state index contributed by atoms with van der Waals surface area (Å²) in [5.74, 6) is 1.55. The molecular formula is C17H15N3O2. The lowest BCUT2D eigenvalue weighted by atomic mass is 10.2. The van der Waals surface area contributed by atoms with Crippen LogP contribution in [-0.2, 0) is 7.05 Å². The average Bonchev–Trinajstić information content (AvgIpc) is 2.88. The minimum atomic E-state index is 0.173. The number of benzene rings is 2. The van der Waals surface area contributed by atoms with Crippen molar-refractivity contribution in [2.75, 3.05) is 0 Å². The van der Waals surface area contributed by atoms with Crippen LogP contribution in [0.5, 0.6) is 11.5 Å². The highest BCUT2D eigenvalue weighted by Crippen LogP contribution is 2.26. The zero-order valence-corrected chi connectivity index (χ0v) is 12.0. The quantitative estimate of drug-likeness (QED) is 0.778. The van der Waals surface area contributed by atoms with E-state index in [0.717, 1.165) is 5.56 Å². The van der Waals surface area contributed by atoms with E-state index >= 15 is 0 Å². The first-order chi connectivity index (χ1) is 10.6. The first kappa shape index (κ1) is 13.9. The van der Waals surface area contributed by atoms with E-state index in [1.165, 1.54) is 0 Å². The Bertz CT molecular complexity index is 820. The van der Waals surface area contributed by atoms with Gasteiger partial charge in [-0.2, -0.15) is 5.10 Å². The Kier molecular flexibility index (Phi) is 3.62. The van der Waals surface area contributed by atoms with Gasteiger partial charge in [0.15, 0.2) is 11.6 Å². The number of phenolic OH excluding ortho intramolecular Hbond substituents is 2. The van der Waals surface area contributed by atoms with Crippen LogP contribution in [0, 0.1) is 0 Å². The molecule has 0 aliphatic heterocycles. The van der Waals surface area contributed by atoms with Gasteiger partial charge in [-0.15, -0.1) is 0 Å². The van der Waals surface area contributed by atoms with Crippen molar-refractivity contribution in [3.63, 3.8) is 0 Å². The van der Waals surface area contributed by atoms with Gasteiger partial charge in [0.05, 0.1) is 5.56 Å². The number of hydrogen-bond donors (Lipinski definition) is 2. The van der Waals surface area contributed by atoms with E-state index in [9.17, 15) is 10.2 Å². The fraction of sp³-hybridized carbons (Fsp3) is 0.0588. The SMILES string of the molecule is Cn1nc(C=Cc2ccc(O)cc2)nc1-c1ccccc1O. The molecule has 0 aliphatic carbocycles. The summed E-state index contributed by atoms with van der Waals surface area (Å²) in [5, 5.41) is 23.5. The lowest BCUT2D eigenvalue weighted by Gasteiger charge is -2.01. The standard InChI is InChI=1S/C17H15N3O2/c1-20-17(14-4-2-3-5-15(14)22)18-16(19-20)11-8-12-6-9-13(21)10-7-12/h2-11,21-22H,1H3. The third-order valence-electron chi connectivity index (χ3n) is 3.24. The molecule has 0 spiro atoms. The second-order valence-corrected chi connectivity index (χ2v) is 4.86. The maximum Gasteiger partial charge on any atom is 0.174 e. The van der Waals surface area contributed by atoms with Gasteiger partial charge < -0.3 is 10.2 Å². The van der Waals surface area contributed by atoms with Crippen LogP contribution >= 0.6 is 0 Å². The zero-order chi connectivity index (χ0) is 15.5. The third kappa shape index (κ3) is 2.83. The van der Waals surface area contributed by atoms with E-state index in [1.54, 1.807) is 60.3 Å². The van der Waals surface area contributed by atoms with Gasteiger partial charge in [-0.05, 0) is 35.9 Å². The molecule has 0 radical (unpaired) electrons. The van der Waals surface area contributed by atoms with Crippen molar-refractivity contribution < 1.29 is 10.2 Å². The number of aromatic hydroxyl groups is 2. The summed E-state index contributed by atoms with van der Waals surface area (Å²) < 4.78 is 1.63. The highest BCUT2D eigenvalue weighted by Gasteiger charge is 2.11. The van der Waals surface area contributed by atoms with Crippen molar-refractivity contribution in [1.29, 1.82) is 0 Å². The van der Waals surface area contributed by atoms with Gasteiger partial charge in [0.1, 0.15) is 11.5 Å². The van der Waals surface area contributed by atoms with Crippen molar-refractivity contribution in [3.05, 3.63) is 59.9 Å². The Labute approximate surface area is 127 Å². The van der Waals surface area contributed by atoms with E-state index in [4.69, 9.17) is 0 Å². The minimum absolute atomic E-state index is 0.173. The lowest BCUT2D eigenvalue weighted by Crippen LogP contribution is -1.94. The highest BCUT2D eigenvalue weighted by molar-refractivity contribution is 5.69. The van der Waals surface area contributed by atoms with Crippen LogP contribution in [0.4, 0.5) is 0 Å². The van der Waals surface area contributed by atoms with Crippen LogP contribution in [0.2, 0.25) is 0 Å². The molecule has 3 rings (SSSR count). The van der Waals surface area contributed by atoms with Gasteiger partial charge >= 0.3 is 0 Å². The molecule has 0 unspecified atom stereocenters. The minimum Gasteiger partial charge on any atom is -0.508 e. The van der Waals surface area contributed by atoms with E-state index < -0.39 is 0 Å². The van der Waals surface area contributed by atoms with E-state index in [-0.39, 0.29) is 11.5 Å². The molecule has 0 bridgehead atoms. The highest BCUT2D eigenvalue weighted by atomic mass is 16.3. The lowest BCUT2D eigenvalue weighted by molar-refractivity contribution is 0.475. The van der Waals surface area contributed by atoms with Crippen molar-refractivity contribution in [2.24, 2.45) is 7.05 Å². The van der Waals surface area contributed by atoms with E-state index in [1.807, 2.05) is 12.1 Å². The molecule has 2 N–H and O–H groups in total. The third-order valence-corrected chi connectivity index (χ3v) is 3.24. The second-order valence-electron chi connectivity index (χ2n) is 4.86. The molecule has 1 heterocycles. The Morgan fingerprint density at radius 1 is 0.955 bits per heavy atom. The Balaban J connectivity index is 1.89. The molecule has 0 saturated heterocycles. The molecule has 5 nitrogen and oxygen atoms in total. The second kappa shape index (κ2) is 5.73. The molecule has 3 aromatic rings. The van der Waals surface area contributed by atoms with Crippen LogP contribution in [0.25, 0.3) is 23.5 Å². The number of hydrogen-bond acceptors (Lipinski definition) is 4. The summed E-state index contributed by atoms with van der Waals surface area (Å²) in [7, 11) is 1.78. The predicted octanol–water partition coefficient (Wildman–Crippen LogP) is 3.06. The zero-order valence-electron chi connectivity index (χ0n) is 12.0. The number of phenols is 2. The van der Waals surface area contributed by atoms with Gasteiger partial charge in [0.25, 0.3) is 0 Å². The smallest absolute Gasteiger partial charge is 0.174 e. The summed E-state index contributed by atoms with van der Waals surface area (Å²) in [4.78, 5) is 4.43. The monoisotopic (exact) mass is 293 g/mol. The van der Waals surface area contributed by atoms with Crippen LogP contribution in [0.3, 0.4) is 0 Å². The maximum atomic E-state index is 9.91. The molecule has 0 aliphatic rings. The van der Waals surface area contributed by atoms with E-state index in [2.05, 4.69) is 10.1 Å². The summed E-state index contributed by atoms with van der Waals surface area (Å²) >= 11 is 0. The van der Waals surface area contributed by atoms with Gasteiger partial charge in [-0.25, -0.2) is 9.67 Å². The molecule has 110 valence electrons. The summed E-state index contributed by atoms with van der Waals surface area (Å²) in [6.45, 7) is 0. The topological polar surface area (TPSA) is 71.2 Å². The molecule has 22 heavy (non-hydrogen) atoms. The Morgan fingerprint density at radius 2 is 1.68 bits per heavy atom. The van der Waals surface area contributed by atoms with Crippen LogP contribution in [0.15, 0.2) is 48.5 Å².